The molecule has 0 unspecified atom stereocenters. The molecule has 8 nitrogen and oxygen atoms in total. The van der Waals surface area contributed by atoms with Crippen molar-refractivity contribution in [2.24, 2.45) is 0 Å². The molecule has 1 fully saturated rings. The standard InChI is InChI=1S/C22H25ClN4O4/c1-31-16-8-9-18(17(13-16)22(30)26-19-10-7-15(23)14-24-19)25-20(28)5-2-3-11-27-12-4-6-21(27)29/h7-10,13-14H,2-6,11-12H2,1H3,(H,25,28)(H,24,26,30). The molecule has 0 saturated carbocycles. The van der Waals surface area contributed by atoms with Gasteiger partial charge in [-0.25, -0.2) is 4.98 Å². The van der Waals surface area contributed by atoms with E-state index in [1.165, 1.54) is 13.3 Å². The summed E-state index contributed by atoms with van der Waals surface area (Å²) in [4.78, 5) is 42.7. The molecule has 2 N–H and O–H groups in total. The monoisotopic (exact) mass is 444 g/mol. The Labute approximate surface area is 185 Å². The molecule has 0 atom stereocenters. The van der Waals surface area contributed by atoms with Gasteiger partial charge in [-0.2, -0.15) is 0 Å². The number of hydrogen-bond donors (Lipinski definition) is 2. The minimum atomic E-state index is -0.434. The number of carbonyl (C=O) groups is 3. The average Bonchev–Trinajstić information content (AvgIpc) is 3.17. The molecule has 0 bridgehead atoms. The van der Waals surface area contributed by atoms with Crippen LogP contribution in [0.2, 0.25) is 5.02 Å². The fraction of sp³-hybridized carbons (Fsp3) is 0.364. The Balaban J connectivity index is 1.59. The molecule has 3 rings (SSSR count). The fourth-order valence-corrected chi connectivity index (χ4v) is 3.43. The van der Waals surface area contributed by atoms with Crippen molar-refractivity contribution in [3.63, 3.8) is 0 Å². The van der Waals surface area contributed by atoms with Gasteiger partial charge in [0, 0.05) is 32.1 Å². The van der Waals surface area contributed by atoms with E-state index in [9.17, 15) is 14.4 Å². The van der Waals surface area contributed by atoms with Gasteiger partial charge < -0.3 is 20.3 Å². The normalized spacial score (nSPS) is 13.2. The highest BCUT2D eigenvalue weighted by molar-refractivity contribution is 6.30. The zero-order valence-electron chi connectivity index (χ0n) is 17.3. The molecular weight excluding hydrogens is 420 g/mol. The molecule has 2 heterocycles. The lowest BCUT2D eigenvalue weighted by Crippen LogP contribution is -2.25. The predicted octanol–water partition coefficient (Wildman–Crippen LogP) is 3.73. The number of carbonyl (C=O) groups excluding carboxylic acids is 3. The summed E-state index contributed by atoms with van der Waals surface area (Å²) in [6.07, 6.45) is 4.68. The lowest BCUT2D eigenvalue weighted by molar-refractivity contribution is -0.127. The molecule has 31 heavy (non-hydrogen) atoms. The number of pyridine rings is 1. The largest absolute Gasteiger partial charge is 0.497 e. The third-order valence-corrected chi connectivity index (χ3v) is 5.19. The van der Waals surface area contributed by atoms with Crippen molar-refractivity contribution in [3.05, 3.63) is 47.1 Å². The summed E-state index contributed by atoms with van der Waals surface area (Å²) in [6.45, 7) is 1.48. The molecule has 0 spiro atoms. The molecule has 0 aliphatic carbocycles. The van der Waals surface area contributed by atoms with Gasteiger partial charge in [-0.15, -0.1) is 0 Å². The minimum Gasteiger partial charge on any atom is -0.497 e. The summed E-state index contributed by atoms with van der Waals surface area (Å²) in [6, 6.07) is 8.06. The van der Waals surface area contributed by atoms with E-state index in [0.29, 0.717) is 48.1 Å². The van der Waals surface area contributed by atoms with Crippen molar-refractivity contribution in [1.82, 2.24) is 9.88 Å². The van der Waals surface area contributed by atoms with Gasteiger partial charge in [-0.3, -0.25) is 14.4 Å². The maximum absolute atomic E-state index is 12.8. The topological polar surface area (TPSA) is 101 Å². The molecule has 164 valence electrons. The molecule has 1 saturated heterocycles. The Morgan fingerprint density at radius 1 is 1.19 bits per heavy atom. The second kappa shape index (κ2) is 10.8. The third-order valence-electron chi connectivity index (χ3n) is 4.97. The number of hydrogen-bond acceptors (Lipinski definition) is 5. The molecule has 1 aromatic carbocycles. The number of methoxy groups -OCH3 is 1. The first-order valence-corrected chi connectivity index (χ1v) is 10.5. The molecule has 1 aromatic heterocycles. The zero-order chi connectivity index (χ0) is 22.2. The van der Waals surface area contributed by atoms with Crippen LogP contribution in [0.5, 0.6) is 5.75 Å². The van der Waals surface area contributed by atoms with Gasteiger partial charge in [-0.1, -0.05) is 11.6 Å². The van der Waals surface area contributed by atoms with Crippen LogP contribution in [0.1, 0.15) is 42.5 Å². The summed E-state index contributed by atoms with van der Waals surface area (Å²) in [5, 5.41) is 5.94. The van der Waals surface area contributed by atoms with E-state index in [1.54, 1.807) is 30.3 Å². The van der Waals surface area contributed by atoms with Gasteiger partial charge in [0.05, 0.1) is 23.4 Å². The van der Waals surface area contributed by atoms with Crippen molar-refractivity contribution >= 4 is 40.8 Å². The van der Waals surface area contributed by atoms with Gasteiger partial charge in [0.15, 0.2) is 0 Å². The highest BCUT2D eigenvalue weighted by atomic mass is 35.5. The van der Waals surface area contributed by atoms with Crippen LogP contribution in [0.4, 0.5) is 11.5 Å². The highest BCUT2D eigenvalue weighted by Gasteiger charge is 2.19. The van der Waals surface area contributed by atoms with E-state index < -0.39 is 5.91 Å². The maximum atomic E-state index is 12.8. The number of anilines is 2. The van der Waals surface area contributed by atoms with Crippen molar-refractivity contribution in [3.8, 4) is 5.75 Å². The molecule has 3 amide bonds. The number of amides is 3. The smallest absolute Gasteiger partial charge is 0.259 e. The molecule has 2 aromatic rings. The first kappa shape index (κ1) is 22.6. The fourth-order valence-electron chi connectivity index (χ4n) is 3.32. The first-order chi connectivity index (χ1) is 15.0. The summed E-state index contributed by atoms with van der Waals surface area (Å²) in [5.74, 6) is 0.384. The lowest BCUT2D eigenvalue weighted by atomic mass is 10.1. The third kappa shape index (κ3) is 6.42. The summed E-state index contributed by atoms with van der Waals surface area (Å²) in [5.41, 5.74) is 0.638. The van der Waals surface area contributed by atoms with Gasteiger partial charge >= 0.3 is 0 Å². The number of aromatic nitrogens is 1. The second-order valence-corrected chi connectivity index (χ2v) is 7.65. The maximum Gasteiger partial charge on any atom is 0.259 e. The number of nitrogens with zero attached hydrogens (tertiary/aromatic N) is 2. The highest BCUT2D eigenvalue weighted by Crippen LogP contribution is 2.24. The lowest BCUT2D eigenvalue weighted by Gasteiger charge is -2.15. The number of nitrogens with one attached hydrogen (secondary N) is 2. The Kier molecular flexibility index (Phi) is 7.83. The van der Waals surface area contributed by atoms with Crippen molar-refractivity contribution in [1.29, 1.82) is 0 Å². The van der Waals surface area contributed by atoms with Crippen LogP contribution < -0.4 is 15.4 Å². The van der Waals surface area contributed by atoms with Crippen LogP contribution in [0, 0.1) is 0 Å². The van der Waals surface area contributed by atoms with E-state index >= 15 is 0 Å². The van der Waals surface area contributed by atoms with Crippen molar-refractivity contribution in [2.45, 2.75) is 32.1 Å². The Hall–Kier alpha value is -3.13. The van der Waals surface area contributed by atoms with Crippen LogP contribution in [-0.2, 0) is 9.59 Å². The van der Waals surface area contributed by atoms with E-state index in [1.807, 2.05) is 4.90 Å². The van der Waals surface area contributed by atoms with Crippen LogP contribution in [0.15, 0.2) is 36.5 Å². The van der Waals surface area contributed by atoms with E-state index in [4.69, 9.17) is 16.3 Å². The van der Waals surface area contributed by atoms with E-state index in [2.05, 4.69) is 15.6 Å². The van der Waals surface area contributed by atoms with Crippen LogP contribution in [0.3, 0.4) is 0 Å². The quantitative estimate of drug-likeness (QED) is 0.574. The van der Waals surface area contributed by atoms with Crippen molar-refractivity contribution in [2.75, 3.05) is 30.8 Å². The second-order valence-electron chi connectivity index (χ2n) is 7.22. The van der Waals surface area contributed by atoms with Crippen LogP contribution in [-0.4, -0.2) is 47.8 Å². The number of rotatable bonds is 9. The number of halogens is 1. The SMILES string of the molecule is COc1ccc(NC(=O)CCCCN2CCCC2=O)c(C(=O)Nc2ccc(Cl)cn2)c1. The summed E-state index contributed by atoms with van der Waals surface area (Å²) >= 11 is 5.82. The van der Waals surface area contributed by atoms with Crippen LogP contribution >= 0.6 is 11.6 Å². The Bertz CT molecular complexity index is 949. The van der Waals surface area contributed by atoms with Gasteiger partial charge in [-0.05, 0) is 49.6 Å². The number of unbranched alkanes of at least 4 members (excludes halogenated alkanes) is 1. The molecule has 1 aliphatic heterocycles. The predicted molar refractivity (Wildman–Crippen MR) is 118 cm³/mol. The van der Waals surface area contributed by atoms with Gasteiger partial charge in [0.1, 0.15) is 11.6 Å². The molecule has 9 heteroatoms. The Morgan fingerprint density at radius 3 is 2.71 bits per heavy atom. The minimum absolute atomic E-state index is 0.188. The van der Waals surface area contributed by atoms with Crippen LogP contribution in [0.25, 0.3) is 0 Å². The summed E-state index contributed by atoms with van der Waals surface area (Å²) in [7, 11) is 1.50. The van der Waals surface area contributed by atoms with E-state index in [0.717, 1.165) is 19.4 Å². The van der Waals surface area contributed by atoms with E-state index in [-0.39, 0.29) is 17.4 Å². The molecule has 1 aliphatic rings. The van der Waals surface area contributed by atoms with Gasteiger partial charge in [0.25, 0.3) is 5.91 Å². The summed E-state index contributed by atoms with van der Waals surface area (Å²) < 4.78 is 5.21. The van der Waals surface area contributed by atoms with Gasteiger partial charge in [0.2, 0.25) is 11.8 Å². The molecule has 0 radical (unpaired) electrons. The zero-order valence-corrected chi connectivity index (χ0v) is 18.1. The number of ether oxygens (including phenoxy) is 1. The molecular formula is C22H25ClN4O4. The number of likely N-dealkylation sites (tertiary alicyclic amines) is 1. The number of benzene rings is 1. The Morgan fingerprint density at radius 2 is 2.03 bits per heavy atom. The first-order valence-electron chi connectivity index (χ1n) is 10.1. The average molecular weight is 445 g/mol. The van der Waals surface area contributed by atoms with Crippen molar-refractivity contribution < 1.29 is 19.1 Å².